The molecule has 0 spiro atoms. The van der Waals surface area contributed by atoms with E-state index in [2.05, 4.69) is 5.32 Å². The smallest absolute Gasteiger partial charge is 0.253 e. The normalized spacial score (nSPS) is 9.47. The van der Waals surface area contributed by atoms with Gasteiger partial charge in [0.2, 0.25) is 0 Å². The highest BCUT2D eigenvalue weighted by molar-refractivity contribution is 5.95. The lowest BCUT2D eigenvalue weighted by molar-refractivity contribution is 0.0796. The summed E-state index contributed by atoms with van der Waals surface area (Å²) < 4.78 is 10.3. The zero-order valence-corrected chi connectivity index (χ0v) is 12.5. The molecular formula is C13H21ClN2O3. The summed E-state index contributed by atoms with van der Waals surface area (Å²) in [7, 11) is 6.75. The molecule has 0 bridgehead atoms. The standard InChI is InChI=1S/C13H20N2O3.ClH/c1-14-5-6-15(2)13(16)10-7-11(17-3)9-12(8-10)18-4;/h7-9,14H,5-6H2,1-4H3;1H. The first-order valence-corrected chi connectivity index (χ1v) is 5.75. The maximum absolute atomic E-state index is 12.2. The number of methoxy groups -OCH3 is 2. The van der Waals surface area contributed by atoms with Crippen molar-refractivity contribution >= 4 is 18.3 Å². The van der Waals surface area contributed by atoms with Gasteiger partial charge in [-0.3, -0.25) is 4.79 Å². The number of nitrogens with one attached hydrogen (secondary N) is 1. The first-order valence-electron chi connectivity index (χ1n) is 5.75. The number of amides is 1. The highest BCUT2D eigenvalue weighted by Gasteiger charge is 2.13. The molecule has 0 saturated heterocycles. The third-order valence-corrected chi connectivity index (χ3v) is 2.64. The number of hydrogen-bond acceptors (Lipinski definition) is 4. The minimum atomic E-state index is -0.0533. The molecule has 0 aliphatic heterocycles. The van der Waals surface area contributed by atoms with Gasteiger partial charge in [-0.2, -0.15) is 0 Å². The molecule has 0 fully saturated rings. The number of carbonyl (C=O) groups is 1. The Labute approximate surface area is 120 Å². The fourth-order valence-electron chi connectivity index (χ4n) is 1.53. The third-order valence-electron chi connectivity index (χ3n) is 2.64. The van der Waals surface area contributed by atoms with Crippen molar-refractivity contribution in [3.8, 4) is 11.5 Å². The summed E-state index contributed by atoms with van der Waals surface area (Å²) in [6, 6.07) is 5.16. The number of carbonyl (C=O) groups excluding carboxylic acids is 1. The van der Waals surface area contributed by atoms with Crippen molar-refractivity contribution in [2.24, 2.45) is 0 Å². The molecule has 0 radical (unpaired) electrons. The molecule has 1 N–H and O–H groups in total. The van der Waals surface area contributed by atoms with E-state index in [9.17, 15) is 4.79 Å². The highest BCUT2D eigenvalue weighted by Crippen LogP contribution is 2.23. The van der Waals surface area contributed by atoms with Crippen LogP contribution >= 0.6 is 12.4 Å². The molecular weight excluding hydrogens is 268 g/mol. The topological polar surface area (TPSA) is 50.8 Å². The van der Waals surface area contributed by atoms with Gasteiger partial charge in [0.1, 0.15) is 11.5 Å². The lowest BCUT2D eigenvalue weighted by Crippen LogP contribution is -2.32. The van der Waals surface area contributed by atoms with Crippen LogP contribution in [0.2, 0.25) is 0 Å². The highest BCUT2D eigenvalue weighted by atomic mass is 35.5. The number of rotatable bonds is 6. The van der Waals surface area contributed by atoms with Gasteiger partial charge < -0.3 is 19.7 Å². The molecule has 19 heavy (non-hydrogen) atoms. The Kier molecular flexibility index (Phi) is 7.95. The van der Waals surface area contributed by atoms with E-state index in [4.69, 9.17) is 9.47 Å². The second-order valence-electron chi connectivity index (χ2n) is 3.93. The molecule has 6 heteroatoms. The van der Waals surface area contributed by atoms with Crippen LogP contribution in [0.4, 0.5) is 0 Å². The molecule has 0 heterocycles. The minimum absolute atomic E-state index is 0. The fraction of sp³-hybridized carbons (Fsp3) is 0.462. The molecule has 0 aliphatic rings. The molecule has 0 saturated carbocycles. The second-order valence-corrected chi connectivity index (χ2v) is 3.93. The SMILES string of the molecule is CNCCN(C)C(=O)c1cc(OC)cc(OC)c1.Cl. The number of likely N-dealkylation sites (N-methyl/N-ethyl adjacent to an activating group) is 2. The molecule has 108 valence electrons. The number of nitrogens with zero attached hydrogens (tertiary/aromatic N) is 1. The Morgan fingerprint density at radius 2 is 1.74 bits per heavy atom. The van der Waals surface area contributed by atoms with Crippen LogP contribution < -0.4 is 14.8 Å². The Morgan fingerprint density at radius 1 is 1.21 bits per heavy atom. The molecule has 0 aliphatic carbocycles. The summed E-state index contributed by atoms with van der Waals surface area (Å²) in [6.07, 6.45) is 0. The van der Waals surface area contributed by atoms with Crippen LogP contribution in [0, 0.1) is 0 Å². The molecule has 1 rings (SSSR count). The van der Waals surface area contributed by atoms with E-state index < -0.39 is 0 Å². The Morgan fingerprint density at radius 3 is 2.16 bits per heavy atom. The quantitative estimate of drug-likeness (QED) is 0.860. The molecule has 0 unspecified atom stereocenters. The summed E-state index contributed by atoms with van der Waals surface area (Å²) >= 11 is 0. The predicted octanol–water partition coefficient (Wildman–Crippen LogP) is 1.42. The number of halogens is 1. The monoisotopic (exact) mass is 288 g/mol. The zero-order chi connectivity index (χ0) is 13.5. The van der Waals surface area contributed by atoms with Crippen LogP contribution in [0.1, 0.15) is 10.4 Å². The van der Waals surface area contributed by atoms with E-state index in [0.29, 0.717) is 23.6 Å². The van der Waals surface area contributed by atoms with E-state index >= 15 is 0 Å². The first kappa shape index (κ1) is 17.5. The third kappa shape index (κ3) is 4.96. The molecule has 0 aromatic heterocycles. The first-order chi connectivity index (χ1) is 8.62. The minimum Gasteiger partial charge on any atom is -0.497 e. The Hall–Kier alpha value is -1.46. The van der Waals surface area contributed by atoms with Gasteiger partial charge >= 0.3 is 0 Å². The molecule has 1 amide bonds. The predicted molar refractivity (Wildman–Crippen MR) is 77.7 cm³/mol. The second kappa shape index (κ2) is 8.61. The summed E-state index contributed by atoms with van der Waals surface area (Å²) in [5.74, 6) is 1.17. The van der Waals surface area contributed by atoms with Gasteiger partial charge in [0.15, 0.2) is 0 Å². The van der Waals surface area contributed by atoms with Crippen LogP contribution in [0.15, 0.2) is 18.2 Å². The summed E-state index contributed by atoms with van der Waals surface area (Å²) in [6.45, 7) is 1.40. The van der Waals surface area contributed by atoms with Gasteiger partial charge in [-0.05, 0) is 19.2 Å². The van der Waals surface area contributed by atoms with Crippen LogP contribution in [0.3, 0.4) is 0 Å². The van der Waals surface area contributed by atoms with Gasteiger partial charge in [-0.25, -0.2) is 0 Å². The van der Waals surface area contributed by atoms with E-state index in [1.54, 1.807) is 44.4 Å². The maximum Gasteiger partial charge on any atom is 0.253 e. The van der Waals surface area contributed by atoms with Crippen molar-refractivity contribution in [2.45, 2.75) is 0 Å². The largest absolute Gasteiger partial charge is 0.497 e. The van der Waals surface area contributed by atoms with Crippen molar-refractivity contribution in [3.05, 3.63) is 23.8 Å². The van der Waals surface area contributed by atoms with Crippen molar-refractivity contribution in [2.75, 3.05) is 41.4 Å². The molecule has 0 atom stereocenters. The molecule has 1 aromatic carbocycles. The summed E-state index contributed by atoms with van der Waals surface area (Å²) in [5, 5.41) is 3.01. The van der Waals surface area contributed by atoms with Crippen molar-refractivity contribution in [1.29, 1.82) is 0 Å². The maximum atomic E-state index is 12.2. The molecule has 5 nitrogen and oxygen atoms in total. The van der Waals surface area contributed by atoms with Crippen LogP contribution in [0.25, 0.3) is 0 Å². The van der Waals surface area contributed by atoms with Crippen LogP contribution in [0.5, 0.6) is 11.5 Å². The lowest BCUT2D eigenvalue weighted by atomic mass is 10.1. The van der Waals surface area contributed by atoms with Gasteiger partial charge in [0.05, 0.1) is 14.2 Å². The van der Waals surface area contributed by atoms with Gasteiger partial charge in [-0.15, -0.1) is 12.4 Å². The van der Waals surface area contributed by atoms with Crippen LogP contribution in [-0.2, 0) is 0 Å². The number of benzene rings is 1. The van der Waals surface area contributed by atoms with Gasteiger partial charge in [0, 0.05) is 31.8 Å². The number of hydrogen-bond donors (Lipinski definition) is 1. The van der Waals surface area contributed by atoms with Gasteiger partial charge in [-0.1, -0.05) is 0 Å². The van der Waals surface area contributed by atoms with Crippen molar-refractivity contribution < 1.29 is 14.3 Å². The average molecular weight is 289 g/mol. The summed E-state index contributed by atoms with van der Waals surface area (Å²) in [4.78, 5) is 13.8. The van der Waals surface area contributed by atoms with E-state index in [1.165, 1.54) is 0 Å². The Balaban J connectivity index is 0.00000324. The van der Waals surface area contributed by atoms with E-state index in [-0.39, 0.29) is 18.3 Å². The zero-order valence-electron chi connectivity index (χ0n) is 11.7. The lowest BCUT2D eigenvalue weighted by Gasteiger charge is -2.17. The van der Waals surface area contributed by atoms with E-state index in [1.807, 2.05) is 7.05 Å². The summed E-state index contributed by atoms with van der Waals surface area (Å²) in [5.41, 5.74) is 0.560. The van der Waals surface area contributed by atoms with Crippen LogP contribution in [-0.4, -0.2) is 52.2 Å². The fourth-order valence-corrected chi connectivity index (χ4v) is 1.53. The molecule has 1 aromatic rings. The van der Waals surface area contributed by atoms with Gasteiger partial charge in [0.25, 0.3) is 5.91 Å². The van der Waals surface area contributed by atoms with E-state index in [0.717, 1.165) is 6.54 Å². The van der Waals surface area contributed by atoms with Crippen molar-refractivity contribution in [3.63, 3.8) is 0 Å². The number of ether oxygens (including phenoxy) is 2. The Bertz CT molecular complexity index is 391. The van der Waals surface area contributed by atoms with Crippen molar-refractivity contribution in [1.82, 2.24) is 10.2 Å². The average Bonchev–Trinajstić information content (AvgIpc) is 2.43.